The number of anilines is 1. The first-order valence-electron chi connectivity index (χ1n) is 5.74. The highest BCUT2D eigenvalue weighted by Crippen LogP contribution is 2.20. The minimum absolute atomic E-state index is 0.207. The molecule has 18 heavy (non-hydrogen) atoms. The van der Waals surface area contributed by atoms with Crippen molar-refractivity contribution in [2.75, 3.05) is 25.6 Å². The molecule has 0 atom stereocenters. The van der Waals surface area contributed by atoms with Gasteiger partial charge in [0.15, 0.2) is 0 Å². The highest BCUT2D eigenvalue weighted by atomic mass is 16.5. The number of aromatic nitrogens is 1. The molecular weight excluding hydrogens is 236 g/mol. The van der Waals surface area contributed by atoms with Gasteiger partial charge in [-0.05, 0) is 13.8 Å². The number of carbonyl (C=O) groups excluding carboxylic acids is 2. The van der Waals surface area contributed by atoms with E-state index in [0.29, 0.717) is 30.2 Å². The predicted molar refractivity (Wildman–Crippen MR) is 66.6 cm³/mol. The van der Waals surface area contributed by atoms with Crippen molar-refractivity contribution in [2.45, 2.75) is 20.3 Å². The summed E-state index contributed by atoms with van der Waals surface area (Å²) in [5, 5.41) is 2.65. The first-order chi connectivity index (χ1) is 8.60. The van der Waals surface area contributed by atoms with Crippen LogP contribution in [0.3, 0.4) is 0 Å². The summed E-state index contributed by atoms with van der Waals surface area (Å²) in [7, 11) is 1.53. The summed E-state index contributed by atoms with van der Waals surface area (Å²) in [6, 6.07) is 0. The third-order valence-electron chi connectivity index (χ3n) is 2.36. The van der Waals surface area contributed by atoms with Crippen LogP contribution in [0.25, 0.3) is 0 Å². The Balaban J connectivity index is 2.77. The number of methoxy groups -OCH3 is 1. The molecule has 0 aliphatic heterocycles. The van der Waals surface area contributed by atoms with E-state index in [4.69, 9.17) is 9.47 Å². The maximum Gasteiger partial charge on any atom is 0.342 e. The molecule has 0 radical (unpaired) electrons. The topological polar surface area (TPSA) is 80.4 Å². The molecule has 0 bridgehead atoms. The molecule has 1 aromatic heterocycles. The summed E-state index contributed by atoms with van der Waals surface area (Å²) in [4.78, 5) is 26.2. The Morgan fingerprint density at radius 2 is 2.17 bits per heavy atom. The van der Waals surface area contributed by atoms with E-state index < -0.39 is 5.97 Å². The van der Waals surface area contributed by atoms with Crippen molar-refractivity contribution in [2.24, 2.45) is 0 Å². The summed E-state index contributed by atoms with van der Waals surface area (Å²) in [5.41, 5.74) is 1.46. The molecule has 1 amide bonds. The molecule has 0 saturated carbocycles. The number of H-pyrrole nitrogens is 1. The Hall–Kier alpha value is -1.82. The molecule has 0 aliphatic rings. The van der Waals surface area contributed by atoms with Gasteiger partial charge in [-0.1, -0.05) is 0 Å². The molecule has 2 N–H and O–H groups in total. The lowest BCUT2D eigenvalue weighted by molar-refractivity contribution is -0.117. The highest BCUT2D eigenvalue weighted by Gasteiger charge is 2.18. The van der Waals surface area contributed by atoms with E-state index in [1.165, 1.54) is 7.11 Å². The van der Waals surface area contributed by atoms with E-state index in [2.05, 4.69) is 10.3 Å². The summed E-state index contributed by atoms with van der Waals surface area (Å²) in [6.07, 6.45) is 1.81. The molecule has 0 spiro atoms. The predicted octanol–water partition coefficient (Wildman–Crippen LogP) is 1.47. The average Bonchev–Trinajstić information content (AvgIpc) is 2.68. The van der Waals surface area contributed by atoms with Crippen LogP contribution in [-0.2, 0) is 14.3 Å². The third-order valence-corrected chi connectivity index (χ3v) is 2.36. The van der Waals surface area contributed by atoms with E-state index in [1.807, 2.05) is 0 Å². The standard InChI is InChI=1S/C12H18N2O4/c1-4-18-12(16)11-8(2)13-7-9(11)14-10(15)5-6-17-3/h7,13H,4-6H2,1-3H3,(H,14,15). The summed E-state index contributed by atoms with van der Waals surface area (Å²) in [6.45, 7) is 4.11. The molecule has 0 unspecified atom stereocenters. The zero-order valence-electron chi connectivity index (χ0n) is 10.8. The smallest absolute Gasteiger partial charge is 0.342 e. The van der Waals surface area contributed by atoms with Gasteiger partial charge in [-0.15, -0.1) is 0 Å². The van der Waals surface area contributed by atoms with Crippen LogP contribution in [0.4, 0.5) is 5.69 Å². The van der Waals surface area contributed by atoms with E-state index in [1.54, 1.807) is 20.0 Å². The molecule has 0 fully saturated rings. The van der Waals surface area contributed by atoms with Crippen molar-refractivity contribution < 1.29 is 19.1 Å². The van der Waals surface area contributed by atoms with Crippen LogP contribution in [0.1, 0.15) is 29.4 Å². The fourth-order valence-electron chi connectivity index (χ4n) is 1.50. The number of nitrogens with one attached hydrogen (secondary N) is 2. The quantitative estimate of drug-likeness (QED) is 0.753. The van der Waals surface area contributed by atoms with Gasteiger partial charge in [0.25, 0.3) is 0 Å². The number of ether oxygens (including phenoxy) is 2. The SMILES string of the molecule is CCOC(=O)c1c(NC(=O)CCOC)c[nH]c1C. The fraction of sp³-hybridized carbons (Fsp3) is 0.500. The fourth-order valence-corrected chi connectivity index (χ4v) is 1.50. The lowest BCUT2D eigenvalue weighted by Crippen LogP contribution is -2.16. The van der Waals surface area contributed by atoms with Gasteiger partial charge in [-0.2, -0.15) is 0 Å². The summed E-state index contributed by atoms with van der Waals surface area (Å²) < 4.78 is 9.75. The first kappa shape index (κ1) is 14.2. The molecule has 1 heterocycles. The second kappa shape index (κ2) is 6.80. The normalized spacial score (nSPS) is 10.2. The molecule has 6 heteroatoms. The van der Waals surface area contributed by atoms with E-state index in [9.17, 15) is 9.59 Å². The second-order valence-corrected chi connectivity index (χ2v) is 3.71. The molecule has 1 aromatic rings. The van der Waals surface area contributed by atoms with Crippen molar-refractivity contribution in [1.29, 1.82) is 0 Å². The van der Waals surface area contributed by atoms with Gasteiger partial charge >= 0.3 is 5.97 Å². The van der Waals surface area contributed by atoms with Crippen LogP contribution < -0.4 is 5.32 Å². The number of esters is 1. The van der Waals surface area contributed by atoms with E-state index in [-0.39, 0.29) is 12.3 Å². The largest absolute Gasteiger partial charge is 0.462 e. The minimum atomic E-state index is -0.446. The van der Waals surface area contributed by atoms with Gasteiger partial charge in [0.1, 0.15) is 5.56 Å². The van der Waals surface area contributed by atoms with Crippen molar-refractivity contribution >= 4 is 17.6 Å². The number of carbonyl (C=O) groups is 2. The number of hydrogen-bond donors (Lipinski definition) is 2. The van der Waals surface area contributed by atoms with Gasteiger partial charge in [-0.25, -0.2) is 4.79 Å². The monoisotopic (exact) mass is 254 g/mol. The molecule has 1 rings (SSSR count). The van der Waals surface area contributed by atoms with Crippen LogP contribution in [0.2, 0.25) is 0 Å². The van der Waals surface area contributed by atoms with Crippen molar-refractivity contribution in [3.8, 4) is 0 Å². The van der Waals surface area contributed by atoms with E-state index >= 15 is 0 Å². The van der Waals surface area contributed by atoms with Crippen molar-refractivity contribution in [3.05, 3.63) is 17.5 Å². The highest BCUT2D eigenvalue weighted by molar-refractivity contribution is 6.02. The van der Waals surface area contributed by atoms with Gasteiger partial charge in [-0.3, -0.25) is 4.79 Å². The van der Waals surface area contributed by atoms with Gasteiger partial charge in [0.2, 0.25) is 5.91 Å². The molecule has 6 nitrogen and oxygen atoms in total. The Kier molecular flexibility index (Phi) is 5.38. The molecule has 0 aliphatic carbocycles. The zero-order chi connectivity index (χ0) is 13.5. The first-order valence-corrected chi connectivity index (χ1v) is 5.74. The van der Waals surface area contributed by atoms with Crippen LogP contribution in [0, 0.1) is 6.92 Å². The Bertz CT molecular complexity index is 426. The minimum Gasteiger partial charge on any atom is -0.462 e. The van der Waals surface area contributed by atoms with Gasteiger partial charge in [0.05, 0.1) is 25.3 Å². The maximum atomic E-state index is 11.7. The summed E-state index contributed by atoms with van der Waals surface area (Å²) in [5.74, 6) is -0.653. The van der Waals surface area contributed by atoms with Crippen LogP contribution in [0.5, 0.6) is 0 Å². The van der Waals surface area contributed by atoms with E-state index in [0.717, 1.165) is 0 Å². The number of amides is 1. The average molecular weight is 254 g/mol. The third kappa shape index (κ3) is 3.59. The number of aryl methyl sites for hydroxylation is 1. The Morgan fingerprint density at radius 3 is 2.78 bits per heavy atom. The van der Waals surface area contributed by atoms with Crippen LogP contribution in [-0.4, -0.2) is 37.2 Å². The number of hydrogen-bond acceptors (Lipinski definition) is 4. The Labute approximate surface area is 106 Å². The maximum absolute atomic E-state index is 11.7. The lowest BCUT2D eigenvalue weighted by atomic mass is 10.2. The second-order valence-electron chi connectivity index (χ2n) is 3.71. The zero-order valence-corrected chi connectivity index (χ0v) is 10.8. The van der Waals surface area contributed by atoms with Gasteiger partial charge < -0.3 is 19.8 Å². The van der Waals surface area contributed by atoms with Crippen molar-refractivity contribution in [1.82, 2.24) is 4.98 Å². The van der Waals surface area contributed by atoms with Crippen molar-refractivity contribution in [3.63, 3.8) is 0 Å². The molecule has 0 saturated heterocycles. The van der Waals surface area contributed by atoms with Gasteiger partial charge in [0, 0.05) is 19.0 Å². The van der Waals surface area contributed by atoms with Crippen LogP contribution in [0.15, 0.2) is 6.20 Å². The molecule has 0 aromatic carbocycles. The Morgan fingerprint density at radius 1 is 1.44 bits per heavy atom. The molecular formula is C12H18N2O4. The number of rotatable bonds is 6. The van der Waals surface area contributed by atoms with Crippen LogP contribution >= 0.6 is 0 Å². The number of aromatic amines is 1. The molecule has 100 valence electrons. The lowest BCUT2D eigenvalue weighted by Gasteiger charge is -2.06. The summed E-state index contributed by atoms with van der Waals surface area (Å²) >= 11 is 0.